The van der Waals surface area contributed by atoms with Crippen LogP contribution in [0.4, 0.5) is 0 Å². The van der Waals surface area contributed by atoms with Crippen LogP contribution in [0.5, 0.6) is 0 Å². The van der Waals surface area contributed by atoms with Gasteiger partial charge in [0.05, 0.1) is 16.7 Å². The molecule has 1 heterocycles. The van der Waals surface area contributed by atoms with E-state index in [1.54, 1.807) is 0 Å². The Morgan fingerprint density at radius 2 is 2.00 bits per heavy atom. The van der Waals surface area contributed by atoms with E-state index in [9.17, 15) is 0 Å². The fraction of sp³-hybridized carbons (Fsp3) is 0.0714. The molecule has 2 aromatic carbocycles. The van der Waals surface area contributed by atoms with Gasteiger partial charge in [-0.05, 0) is 29.8 Å². The molecule has 3 aromatic rings. The lowest BCUT2D eigenvalue weighted by Gasteiger charge is -2.10. The highest BCUT2D eigenvalue weighted by Crippen LogP contribution is 2.24. The fourth-order valence-corrected chi connectivity index (χ4v) is 2.43. The van der Waals surface area contributed by atoms with Crippen LogP contribution < -0.4 is 5.73 Å². The number of benzene rings is 2. The Morgan fingerprint density at radius 1 is 1.17 bits per heavy atom. The van der Waals surface area contributed by atoms with E-state index in [0.29, 0.717) is 6.54 Å². The maximum atomic E-state index is 5.80. The van der Waals surface area contributed by atoms with Gasteiger partial charge in [0, 0.05) is 11.0 Å². The van der Waals surface area contributed by atoms with Gasteiger partial charge in [-0.1, -0.05) is 34.1 Å². The van der Waals surface area contributed by atoms with Crippen LogP contribution in [0.1, 0.15) is 5.56 Å². The van der Waals surface area contributed by atoms with E-state index in [1.165, 1.54) is 0 Å². The zero-order chi connectivity index (χ0) is 12.5. The van der Waals surface area contributed by atoms with Gasteiger partial charge in [-0.15, -0.1) is 0 Å². The van der Waals surface area contributed by atoms with Crippen LogP contribution in [-0.2, 0) is 6.54 Å². The molecule has 0 radical (unpaired) electrons. The van der Waals surface area contributed by atoms with Gasteiger partial charge in [0.25, 0.3) is 0 Å². The van der Waals surface area contributed by atoms with Gasteiger partial charge in [-0.3, -0.25) is 4.57 Å². The lowest BCUT2D eigenvalue weighted by Crippen LogP contribution is -2.03. The highest BCUT2D eigenvalue weighted by molar-refractivity contribution is 9.10. The lowest BCUT2D eigenvalue weighted by atomic mass is 10.1. The first kappa shape index (κ1) is 11.4. The highest BCUT2D eigenvalue weighted by atomic mass is 79.9. The van der Waals surface area contributed by atoms with E-state index in [1.807, 2.05) is 36.7 Å². The Labute approximate surface area is 113 Å². The van der Waals surface area contributed by atoms with E-state index >= 15 is 0 Å². The molecule has 0 amide bonds. The summed E-state index contributed by atoms with van der Waals surface area (Å²) in [5.74, 6) is 0. The van der Waals surface area contributed by atoms with Gasteiger partial charge < -0.3 is 5.73 Å². The first-order valence-corrected chi connectivity index (χ1v) is 6.50. The molecule has 0 saturated carbocycles. The smallest absolute Gasteiger partial charge is 0.100 e. The Hall–Kier alpha value is -1.65. The van der Waals surface area contributed by atoms with Crippen molar-refractivity contribution in [3.63, 3.8) is 0 Å². The molecule has 3 rings (SSSR count). The number of para-hydroxylation sites is 2. The second kappa shape index (κ2) is 4.55. The molecule has 0 saturated heterocycles. The van der Waals surface area contributed by atoms with Gasteiger partial charge in [-0.25, -0.2) is 4.98 Å². The Bertz CT molecular complexity index is 703. The summed E-state index contributed by atoms with van der Waals surface area (Å²) in [6, 6.07) is 14.2. The largest absolute Gasteiger partial charge is 0.326 e. The predicted molar refractivity (Wildman–Crippen MR) is 76.7 cm³/mol. The summed E-state index contributed by atoms with van der Waals surface area (Å²) in [7, 11) is 0. The number of nitrogens with two attached hydrogens (primary N) is 1. The first-order chi connectivity index (χ1) is 8.79. The molecule has 0 atom stereocenters. The quantitative estimate of drug-likeness (QED) is 0.789. The maximum absolute atomic E-state index is 5.80. The van der Waals surface area contributed by atoms with Crippen molar-refractivity contribution in [3.8, 4) is 5.69 Å². The summed E-state index contributed by atoms with van der Waals surface area (Å²) < 4.78 is 3.11. The number of rotatable bonds is 2. The number of imidazole rings is 1. The lowest BCUT2D eigenvalue weighted by molar-refractivity contribution is 0.999. The van der Waals surface area contributed by atoms with Crippen molar-refractivity contribution < 1.29 is 0 Å². The minimum Gasteiger partial charge on any atom is -0.326 e. The maximum Gasteiger partial charge on any atom is 0.100 e. The predicted octanol–water partition coefficient (Wildman–Crippen LogP) is 3.25. The third-order valence-electron chi connectivity index (χ3n) is 2.98. The van der Waals surface area contributed by atoms with Crippen molar-refractivity contribution in [2.24, 2.45) is 5.73 Å². The van der Waals surface area contributed by atoms with Crippen molar-refractivity contribution in [3.05, 3.63) is 58.8 Å². The van der Waals surface area contributed by atoms with Crippen LogP contribution in [0, 0.1) is 0 Å². The molecule has 4 heteroatoms. The minimum absolute atomic E-state index is 0.509. The fourth-order valence-electron chi connectivity index (χ4n) is 2.09. The van der Waals surface area contributed by atoms with E-state index in [4.69, 9.17) is 5.73 Å². The van der Waals surface area contributed by atoms with Crippen molar-refractivity contribution in [2.45, 2.75) is 6.54 Å². The van der Waals surface area contributed by atoms with Crippen LogP contribution in [0.3, 0.4) is 0 Å². The summed E-state index contributed by atoms with van der Waals surface area (Å²) >= 11 is 3.50. The molecular weight excluding hydrogens is 290 g/mol. The normalized spacial score (nSPS) is 11.0. The molecule has 0 fully saturated rings. The Kier molecular flexibility index (Phi) is 2.89. The zero-order valence-electron chi connectivity index (χ0n) is 9.68. The highest BCUT2D eigenvalue weighted by Gasteiger charge is 2.08. The molecule has 18 heavy (non-hydrogen) atoms. The minimum atomic E-state index is 0.509. The Balaban J connectivity index is 2.29. The molecule has 2 N–H and O–H groups in total. The van der Waals surface area contributed by atoms with Gasteiger partial charge in [-0.2, -0.15) is 0 Å². The van der Waals surface area contributed by atoms with E-state index in [0.717, 1.165) is 26.8 Å². The number of halogens is 1. The standard InChI is InChI=1S/C14H12BrN3/c15-11-6-5-10(8-16)14(7-11)18-9-17-12-3-1-2-4-13(12)18/h1-7,9H,8,16H2. The van der Waals surface area contributed by atoms with Crippen molar-refractivity contribution in [1.82, 2.24) is 9.55 Å². The van der Waals surface area contributed by atoms with Gasteiger partial charge >= 0.3 is 0 Å². The molecule has 0 unspecified atom stereocenters. The summed E-state index contributed by atoms with van der Waals surface area (Å²) in [6.07, 6.45) is 1.84. The van der Waals surface area contributed by atoms with Gasteiger partial charge in [0.15, 0.2) is 0 Å². The summed E-state index contributed by atoms with van der Waals surface area (Å²) in [4.78, 5) is 4.41. The summed E-state index contributed by atoms with van der Waals surface area (Å²) in [5.41, 5.74) is 10.0. The summed E-state index contributed by atoms with van der Waals surface area (Å²) in [6.45, 7) is 0.509. The molecule has 3 nitrogen and oxygen atoms in total. The average Bonchev–Trinajstić information content (AvgIpc) is 2.82. The third kappa shape index (κ3) is 1.83. The summed E-state index contributed by atoms with van der Waals surface area (Å²) in [5, 5.41) is 0. The second-order valence-corrected chi connectivity index (χ2v) is 5.00. The number of hydrogen-bond acceptors (Lipinski definition) is 2. The number of fused-ring (bicyclic) bond motifs is 1. The number of hydrogen-bond donors (Lipinski definition) is 1. The van der Waals surface area contributed by atoms with E-state index in [-0.39, 0.29) is 0 Å². The molecule has 0 aliphatic rings. The molecule has 0 bridgehead atoms. The van der Waals surface area contributed by atoms with Crippen LogP contribution in [0.25, 0.3) is 16.7 Å². The van der Waals surface area contributed by atoms with Crippen LogP contribution >= 0.6 is 15.9 Å². The van der Waals surface area contributed by atoms with Crippen LogP contribution in [0.2, 0.25) is 0 Å². The van der Waals surface area contributed by atoms with Crippen molar-refractivity contribution in [1.29, 1.82) is 0 Å². The van der Waals surface area contributed by atoms with E-state index < -0.39 is 0 Å². The second-order valence-electron chi connectivity index (χ2n) is 4.08. The van der Waals surface area contributed by atoms with Crippen LogP contribution in [-0.4, -0.2) is 9.55 Å². The average molecular weight is 302 g/mol. The van der Waals surface area contributed by atoms with Crippen molar-refractivity contribution >= 4 is 27.0 Å². The SMILES string of the molecule is NCc1ccc(Br)cc1-n1cnc2ccccc21. The van der Waals surface area contributed by atoms with E-state index in [2.05, 4.69) is 37.6 Å². The number of nitrogens with zero attached hydrogens (tertiary/aromatic N) is 2. The first-order valence-electron chi connectivity index (χ1n) is 5.70. The third-order valence-corrected chi connectivity index (χ3v) is 3.47. The molecule has 0 aliphatic carbocycles. The van der Waals surface area contributed by atoms with Gasteiger partial charge in [0.1, 0.15) is 6.33 Å². The molecule has 0 aliphatic heterocycles. The van der Waals surface area contributed by atoms with Crippen LogP contribution in [0.15, 0.2) is 53.3 Å². The zero-order valence-corrected chi connectivity index (χ0v) is 11.3. The molecular formula is C14H12BrN3. The van der Waals surface area contributed by atoms with Crippen molar-refractivity contribution in [2.75, 3.05) is 0 Å². The molecule has 0 spiro atoms. The molecule has 1 aromatic heterocycles. The van der Waals surface area contributed by atoms with Gasteiger partial charge in [0.2, 0.25) is 0 Å². The topological polar surface area (TPSA) is 43.8 Å². The molecule has 90 valence electrons. The Morgan fingerprint density at radius 3 is 2.83 bits per heavy atom. The monoisotopic (exact) mass is 301 g/mol. The number of aromatic nitrogens is 2.